The van der Waals surface area contributed by atoms with Crippen molar-refractivity contribution in [3.63, 3.8) is 0 Å². The summed E-state index contributed by atoms with van der Waals surface area (Å²) in [6, 6.07) is 11.7. The molecule has 2 aromatic carbocycles. The van der Waals surface area contributed by atoms with Crippen LogP contribution in [-0.4, -0.2) is 16.9 Å². The highest BCUT2D eigenvalue weighted by molar-refractivity contribution is 9.10. The van der Waals surface area contributed by atoms with Crippen molar-refractivity contribution >= 4 is 33.2 Å². The number of nitrogens with zero attached hydrogens (tertiary/aromatic N) is 1. The van der Waals surface area contributed by atoms with Crippen molar-refractivity contribution in [3.8, 4) is 0 Å². The fraction of sp³-hybridized carbons (Fsp3) is 0.188. The normalized spacial score (nSPS) is 11.7. The third-order valence-electron chi connectivity index (χ3n) is 3.32. The lowest BCUT2D eigenvalue weighted by Crippen LogP contribution is -2.34. The number of hydrogen-bond donors (Lipinski definition) is 2. The largest absolute Gasteiger partial charge is 0.393 e. The Labute approximate surface area is 142 Å². The maximum Gasteiger partial charge on any atom is 0.292 e. The van der Waals surface area contributed by atoms with Gasteiger partial charge in [-0.25, -0.2) is 0 Å². The van der Waals surface area contributed by atoms with Crippen molar-refractivity contribution in [2.75, 3.05) is 5.73 Å². The monoisotopic (exact) mass is 377 g/mol. The molecule has 0 radical (unpaired) electrons. The van der Waals surface area contributed by atoms with Crippen LogP contribution in [0.4, 0.5) is 11.4 Å². The van der Waals surface area contributed by atoms with E-state index in [0.29, 0.717) is 6.42 Å². The molecule has 23 heavy (non-hydrogen) atoms. The van der Waals surface area contributed by atoms with Crippen LogP contribution in [0, 0.1) is 10.1 Å². The second-order valence-electron chi connectivity index (χ2n) is 5.24. The highest BCUT2D eigenvalue weighted by atomic mass is 79.9. The maximum atomic E-state index is 12.2. The van der Waals surface area contributed by atoms with Gasteiger partial charge in [0.1, 0.15) is 5.69 Å². The summed E-state index contributed by atoms with van der Waals surface area (Å²) in [5.74, 6) is -0.363. The highest BCUT2D eigenvalue weighted by Gasteiger charge is 2.17. The zero-order valence-electron chi connectivity index (χ0n) is 12.5. The van der Waals surface area contributed by atoms with Crippen molar-refractivity contribution in [1.29, 1.82) is 0 Å². The molecule has 6 nitrogen and oxygen atoms in total. The summed E-state index contributed by atoms with van der Waals surface area (Å²) in [6.45, 7) is 1.88. The van der Waals surface area contributed by atoms with Crippen LogP contribution in [0.5, 0.6) is 0 Å². The van der Waals surface area contributed by atoms with E-state index in [2.05, 4.69) is 21.2 Å². The molecule has 0 fully saturated rings. The van der Waals surface area contributed by atoms with Gasteiger partial charge < -0.3 is 11.1 Å². The Morgan fingerprint density at radius 3 is 2.57 bits per heavy atom. The van der Waals surface area contributed by atoms with Crippen LogP contribution in [0.25, 0.3) is 0 Å². The Morgan fingerprint density at radius 2 is 1.96 bits per heavy atom. The van der Waals surface area contributed by atoms with Crippen LogP contribution in [0.1, 0.15) is 22.8 Å². The molecule has 1 amide bonds. The Bertz CT molecular complexity index is 732. The summed E-state index contributed by atoms with van der Waals surface area (Å²) < 4.78 is 0.993. The number of carbonyl (C=O) groups excluding carboxylic acids is 1. The second kappa shape index (κ2) is 7.23. The van der Waals surface area contributed by atoms with Crippen molar-refractivity contribution in [3.05, 3.63) is 68.2 Å². The Balaban J connectivity index is 2.05. The number of nitro benzene ring substituents is 1. The van der Waals surface area contributed by atoms with Gasteiger partial charge in [-0.05, 0) is 43.2 Å². The van der Waals surface area contributed by atoms with Crippen LogP contribution < -0.4 is 11.1 Å². The first-order valence-corrected chi connectivity index (χ1v) is 7.75. The number of nitrogens with two attached hydrogens (primary N) is 1. The first-order chi connectivity index (χ1) is 10.9. The maximum absolute atomic E-state index is 12.2. The molecular formula is C16H16BrN3O3. The third-order valence-corrected chi connectivity index (χ3v) is 3.85. The van der Waals surface area contributed by atoms with Gasteiger partial charge in [0.2, 0.25) is 0 Å². The molecule has 0 aliphatic heterocycles. The number of amides is 1. The molecule has 0 saturated heterocycles. The number of carbonyl (C=O) groups is 1. The number of halogens is 1. The molecule has 0 aromatic heterocycles. The quantitative estimate of drug-likeness (QED) is 0.474. The minimum Gasteiger partial charge on any atom is -0.393 e. The smallest absolute Gasteiger partial charge is 0.292 e. The van der Waals surface area contributed by atoms with Crippen LogP contribution in [0.2, 0.25) is 0 Å². The summed E-state index contributed by atoms with van der Waals surface area (Å²) in [7, 11) is 0. The fourth-order valence-electron chi connectivity index (χ4n) is 2.18. The van der Waals surface area contributed by atoms with Crippen molar-refractivity contribution < 1.29 is 9.72 Å². The van der Waals surface area contributed by atoms with Gasteiger partial charge in [-0.2, -0.15) is 0 Å². The number of rotatable bonds is 5. The molecule has 0 saturated carbocycles. The minimum atomic E-state index is -0.600. The van der Waals surface area contributed by atoms with E-state index < -0.39 is 4.92 Å². The highest BCUT2D eigenvalue weighted by Crippen LogP contribution is 2.22. The van der Waals surface area contributed by atoms with Crippen LogP contribution in [-0.2, 0) is 6.42 Å². The van der Waals surface area contributed by atoms with Crippen LogP contribution in [0.15, 0.2) is 46.9 Å². The van der Waals surface area contributed by atoms with Gasteiger partial charge >= 0.3 is 0 Å². The molecule has 3 N–H and O–H groups in total. The number of nitro groups is 1. The SMILES string of the molecule is CC(Cc1ccc(Br)cc1)NC(=O)c1ccc(N)c([N+](=O)[O-])c1. The van der Waals surface area contributed by atoms with Gasteiger partial charge in [0, 0.05) is 22.1 Å². The molecule has 2 rings (SSSR count). The average molecular weight is 378 g/mol. The minimum absolute atomic E-state index is 0.0365. The number of nitrogen functional groups attached to an aromatic ring is 1. The number of hydrogen-bond acceptors (Lipinski definition) is 4. The lowest BCUT2D eigenvalue weighted by molar-refractivity contribution is -0.383. The fourth-order valence-corrected chi connectivity index (χ4v) is 2.44. The van der Waals surface area contributed by atoms with E-state index >= 15 is 0 Å². The van der Waals surface area contributed by atoms with Crippen LogP contribution >= 0.6 is 15.9 Å². The standard InChI is InChI=1S/C16H16BrN3O3/c1-10(8-11-2-5-13(17)6-3-11)19-16(21)12-4-7-14(18)15(9-12)20(22)23/h2-7,9-10H,8,18H2,1H3,(H,19,21). The van der Waals surface area contributed by atoms with E-state index in [4.69, 9.17) is 5.73 Å². The Morgan fingerprint density at radius 1 is 1.30 bits per heavy atom. The summed E-state index contributed by atoms with van der Waals surface area (Å²) >= 11 is 3.37. The zero-order chi connectivity index (χ0) is 17.0. The van der Waals surface area contributed by atoms with E-state index in [1.807, 2.05) is 31.2 Å². The van der Waals surface area contributed by atoms with Crippen molar-refractivity contribution in [2.45, 2.75) is 19.4 Å². The van der Waals surface area contributed by atoms with Crippen molar-refractivity contribution in [2.24, 2.45) is 0 Å². The first-order valence-electron chi connectivity index (χ1n) is 6.96. The van der Waals surface area contributed by atoms with E-state index in [-0.39, 0.29) is 28.9 Å². The van der Waals surface area contributed by atoms with E-state index in [0.717, 1.165) is 10.0 Å². The molecule has 0 bridgehead atoms. The Hall–Kier alpha value is -2.41. The van der Waals surface area contributed by atoms with Gasteiger partial charge in [-0.3, -0.25) is 14.9 Å². The molecule has 0 aliphatic rings. The van der Waals surface area contributed by atoms with E-state index in [1.54, 1.807) is 0 Å². The average Bonchev–Trinajstić information content (AvgIpc) is 2.49. The lowest BCUT2D eigenvalue weighted by Gasteiger charge is -2.14. The predicted octanol–water partition coefficient (Wildman–Crippen LogP) is 3.30. The molecular weight excluding hydrogens is 362 g/mol. The van der Waals surface area contributed by atoms with Gasteiger partial charge in [-0.15, -0.1) is 0 Å². The van der Waals surface area contributed by atoms with Gasteiger partial charge in [0.15, 0.2) is 0 Å². The third kappa shape index (κ3) is 4.53. The molecule has 120 valence electrons. The molecule has 0 aliphatic carbocycles. The van der Waals surface area contributed by atoms with E-state index in [1.165, 1.54) is 18.2 Å². The van der Waals surface area contributed by atoms with Gasteiger partial charge in [-0.1, -0.05) is 28.1 Å². The molecule has 0 spiro atoms. The number of benzene rings is 2. The number of anilines is 1. The molecule has 7 heteroatoms. The number of nitrogens with one attached hydrogen (secondary N) is 1. The van der Waals surface area contributed by atoms with E-state index in [9.17, 15) is 14.9 Å². The molecule has 2 aromatic rings. The molecule has 1 unspecified atom stereocenters. The van der Waals surface area contributed by atoms with Crippen molar-refractivity contribution in [1.82, 2.24) is 5.32 Å². The zero-order valence-corrected chi connectivity index (χ0v) is 14.0. The summed E-state index contributed by atoms with van der Waals surface area (Å²) in [4.78, 5) is 22.5. The summed E-state index contributed by atoms with van der Waals surface area (Å²) in [5.41, 5.74) is 6.60. The predicted molar refractivity (Wildman–Crippen MR) is 92.3 cm³/mol. The lowest BCUT2D eigenvalue weighted by atomic mass is 10.1. The summed E-state index contributed by atoms with van der Waals surface area (Å²) in [5, 5.41) is 13.7. The van der Waals surface area contributed by atoms with Crippen LogP contribution in [0.3, 0.4) is 0 Å². The second-order valence-corrected chi connectivity index (χ2v) is 6.15. The molecule has 0 heterocycles. The Kier molecular flexibility index (Phi) is 5.33. The summed E-state index contributed by atoms with van der Waals surface area (Å²) in [6.07, 6.45) is 0.663. The first kappa shape index (κ1) is 17.0. The van der Waals surface area contributed by atoms with Gasteiger partial charge in [0.05, 0.1) is 4.92 Å². The molecule has 1 atom stereocenters. The van der Waals surface area contributed by atoms with Gasteiger partial charge in [0.25, 0.3) is 11.6 Å². The topological polar surface area (TPSA) is 98.3 Å².